The number of aryl methyl sites for hydroxylation is 1. The fraction of sp³-hybridized carbons (Fsp3) is 0.318. The van der Waals surface area contributed by atoms with Gasteiger partial charge in [0.2, 0.25) is 21.7 Å². The smallest absolute Gasteiger partial charge is 0.254 e. The van der Waals surface area contributed by atoms with Gasteiger partial charge in [-0.15, -0.1) is 0 Å². The van der Waals surface area contributed by atoms with Crippen LogP contribution in [0.1, 0.15) is 21.8 Å². The SMILES string of the molecule is Cc1ccc(-c2noc(CN3CCN(C(=O)c4ccc(Cl)c(NS(C)(=O)=O)c4)CC3)n2)cc1. The number of benzene rings is 2. The molecule has 1 N–H and O–H groups in total. The number of nitrogens with one attached hydrogen (secondary N) is 1. The summed E-state index contributed by atoms with van der Waals surface area (Å²) >= 11 is 6.06. The summed E-state index contributed by atoms with van der Waals surface area (Å²) in [7, 11) is -3.51. The van der Waals surface area contributed by atoms with Gasteiger partial charge in [0.15, 0.2) is 0 Å². The van der Waals surface area contributed by atoms with Crippen LogP contribution in [-0.2, 0) is 16.6 Å². The van der Waals surface area contributed by atoms with Gasteiger partial charge < -0.3 is 9.42 Å². The first-order valence-electron chi connectivity index (χ1n) is 10.4. The van der Waals surface area contributed by atoms with Crippen molar-refractivity contribution in [2.45, 2.75) is 13.5 Å². The third-order valence-corrected chi connectivity index (χ3v) is 6.23. The molecule has 0 radical (unpaired) electrons. The molecule has 11 heteroatoms. The Bertz CT molecular complexity index is 1250. The molecule has 3 aromatic rings. The molecule has 1 aliphatic heterocycles. The molecule has 4 rings (SSSR count). The van der Waals surface area contributed by atoms with Crippen molar-refractivity contribution in [3.8, 4) is 11.4 Å². The topological polar surface area (TPSA) is 109 Å². The van der Waals surface area contributed by atoms with Crippen molar-refractivity contribution < 1.29 is 17.7 Å². The molecule has 33 heavy (non-hydrogen) atoms. The van der Waals surface area contributed by atoms with Crippen molar-refractivity contribution in [2.24, 2.45) is 0 Å². The van der Waals surface area contributed by atoms with E-state index >= 15 is 0 Å². The quantitative estimate of drug-likeness (QED) is 0.566. The van der Waals surface area contributed by atoms with Gasteiger partial charge in [0.1, 0.15) is 0 Å². The van der Waals surface area contributed by atoms with Gasteiger partial charge in [0.25, 0.3) is 5.91 Å². The third-order valence-electron chi connectivity index (χ3n) is 5.30. The molecule has 0 spiro atoms. The number of piperazine rings is 1. The monoisotopic (exact) mass is 489 g/mol. The van der Waals surface area contributed by atoms with Crippen molar-refractivity contribution >= 4 is 33.2 Å². The lowest BCUT2D eigenvalue weighted by Crippen LogP contribution is -2.48. The maximum absolute atomic E-state index is 12.9. The van der Waals surface area contributed by atoms with Crippen molar-refractivity contribution in [3.63, 3.8) is 0 Å². The molecule has 1 aromatic heterocycles. The minimum atomic E-state index is -3.51. The molecule has 0 unspecified atom stereocenters. The standard InChI is InChI=1S/C22H24ClN5O4S/c1-15-3-5-16(6-4-15)21-24-20(32-25-21)14-27-9-11-28(12-10-27)22(29)17-7-8-18(23)19(13-17)26-33(2,30)31/h3-8,13,26H,9-12,14H2,1-2H3. The summed E-state index contributed by atoms with van der Waals surface area (Å²) in [5.41, 5.74) is 2.62. The number of anilines is 1. The molecule has 9 nitrogen and oxygen atoms in total. The van der Waals surface area contributed by atoms with Gasteiger partial charge >= 0.3 is 0 Å². The number of carbonyl (C=O) groups excluding carboxylic acids is 1. The van der Waals surface area contributed by atoms with E-state index in [4.69, 9.17) is 16.1 Å². The van der Waals surface area contributed by atoms with E-state index in [-0.39, 0.29) is 16.6 Å². The molecule has 0 bridgehead atoms. The van der Waals surface area contributed by atoms with Crippen molar-refractivity contribution in [3.05, 3.63) is 64.5 Å². The summed E-state index contributed by atoms with van der Waals surface area (Å²) < 4.78 is 30.8. The van der Waals surface area contributed by atoms with E-state index in [9.17, 15) is 13.2 Å². The fourth-order valence-electron chi connectivity index (χ4n) is 3.56. The maximum Gasteiger partial charge on any atom is 0.254 e. The van der Waals surface area contributed by atoms with E-state index in [2.05, 4.69) is 19.8 Å². The summed E-state index contributed by atoms with van der Waals surface area (Å²) in [6.45, 7) is 4.87. The normalized spacial score (nSPS) is 14.9. The Morgan fingerprint density at radius 1 is 1.12 bits per heavy atom. The lowest BCUT2D eigenvalue weighted by molar-refractivity contribution is 0.0615. The molecule has 0 atom stereocenters. The van der Waals surface area contributed by atoms with E-state index in [0.29, 0.717) is 50.0 Å². The highest BCUT2D eigenvalue weighted by molar-refractivity contribution is 7.92. The maximum atomic E-state index is 12.9. The molecule has 0 aliphatic carbocycles. The molecule has 1 saturated heterocycles. The zero-order valence-electron chi connectivity index (χ0n) is 18.3. The van der Waals surface area contributed by atoms with Gasteiger partial charge in [0.05, 0.1) is 23.5 Å². The Hall–Kier alpha value is -2.95. The summed E-state index contributed by atoms with van der Waals surface area (Å²) in [5.74, 6) is 0.905. The van der Waals surface area contributed by atoms with E-state index in [1.807, 2.05) is 31.2 Å². The van der Waals surface area contributed by atoms with Gasteiger partial charge in [-0.05, 0) is 25.1 Å². The van der Waals surface area contributed by atoms with Crippen molar-refractivity contribution in [2.75, 3.05) is 37.2 Å². The van der Waals surface area contributed by atoms with Crippen LogP contribution in [0.3, 0.4) is 0 Å². The first kappa shape index (κ1) is 23.2. The zero-order valence-corrected chi connectivity index (χ0v) is 19.9. The summed E-state index contributed by atoms with van der Waals surface area (Å²) in [5, 5.41) is 4.30. The van der Waals surface area contributed by atoms with Crippen LogP contribution in [0.2, 0.25) is 5.02 Å². The third kappa shape index (κ3) is 5.89. The van der Waals surface area contributed by atoms with Crippen LogP contribution in [0.4, 0.5) is 5.69 Å². The van der Waals surface area contributed by atoms with Gasteiger partial charge in [-0.3, -0.25) is 14.4 Å². The molecule has 2 heterocycles. The molecule has 174 valence electrons. The molecular weight excluding hydrogens is 466 g/mol. The van der Waals surface area contributed by atoms with E-state index in [1.165, 1.54) is 12.1 Å². The molecule has 1 fully saturated rings. The van der Waals surface area contributed by atoms with E-state index < -0.39 is 10.0 Å². The first-order valence-corrected chi connectivity index (χ1v) is 12.6. The zero-order chi connectivity index (χ0) is 23.6. The average Bonchev–Trinajstić information content (AvgIpc) is 3.23. The Morgan fingerprint density at radius 2 is 1.82 bits per heavy atom. The molecule has 0 saturated carbocycles. The predicted octanol–water partition coefficient (Wildman–Crippen LogP) is 3.03. The van der Waals surface area contributed by atoms with Crippen LogP contribution in [0, 0.1) is 6.92 Å². The number of hydrogen-bond donors (Lipinski definition) is 1. The van der Waals surface area contributed by atoms with Gasteiger partial charge in [-0.2, -0.15) is 4.98 Å². The average molecular weight is 490 g/mol. The number of halogens is 1. The van der Waals surface area contributed by atoms with Crippen molar-refractivity contribution in [1.29, 1.82) is 0 Å². The first-order chi connectivity index (χ1) is 15.7. The van der Waals surface area contributed by atoms with Gasteiger partial charge in [0, 0.05) is 37.3 Å². The minimum Gasteiger partial charge on any atom is -0.338 e. The van der Waals surface area contributed by atoms with Gasteiger partial charge in [-0.1, -0.05) is 46.6 Å². The van der Waals surface area contributed by atoms with Crippen LogP contribution in [0.25, 0.3) is 11.4 Å². The van der Waals surface area contributed by atoms with Gasteiger partial charge in [-0.25, -0.2) is 8.42 Å². The summed E-state index contributed by atoms with van der Waals surface area (Å²) in [6.07, 6.45) is 1.03. The lowest BCUT2D eigenvalue weighted by atomic mass is 10.1. The minimum absolute atomic E-state index is 0.178. The second-order valence-corrected chi connectivity index (χ2v) is 10.2. The van der Waals surface area contributed by atoms with Crippen LogP contribution >= 0.6 is 11.6 Å². The Morgan fingerprint density at radius 3 is 2.48 bits per heavy atom. The Kier molecular flexibility index (Phi) is 6.68. The molecule has 1 aliphatic rings. The highest BCUT2D eigenvalue weighted by Crippen LogP contribution is 2.25. The lowest BCUT2D eigenvalue weighted by Gasteiger charge is -2.34. The number of sulfonamides is 1. The van der Waals surface area contributed by atoms with Crippen LogP contribution in [-0.4, -0.2) is 66.7 Å². The highest BCUT2D eigenvalue weighted by atomic mass is 35.5. The predicted molar refractivity (Wildman–Crippen MR) is 126 cm³/mol. The number of carbonyl (C=O) groups is 1. The molecular formula is C22H24ClN5O4S. The highest BCUT2D eigenvalue weighted by Gasteiger charge is 2.24. The van der Waals surface area contributed by atoms with Crippen molar-refractivity contribution in [1.82, 2.24) is 19.9 Å². The summed E-state index contributed by atoms with van der Waals surface area (Å²) in [4.78, 5) is 21.3. The summed E-state index contributed by atoms with van der Waals surface area (Å²) in [6, 6.07) is 12.5. The number of amides is 1. The van der Waals surface area contributed by atoms with E-state index in [0.717, 1.165) is 17.4 Å². The second-order valence-electron chi connectivity index (χ2n) is 8.01. The van der Waals surface area contributed by atoms with E-state index in [1.54, 1.807) is 11.0 Å². The fourth-order valence-corrected chi connectivity index (χ4v) is 4.35. The van der Waals surface area contributed by atoms with Crippen LogP contribution in [0.15, 0.2) is 47.0 Å². The number of rotatable bonds is 6. The number of nitrogens with zero attached hydrogens (tertiary/aromatic N) is 4. The molecule has 2 aromatic carbocycles. The molecule has 1 amide bonds. The van der Waals surface area contributed by atoms with Crippen LogP contribution in [0.5, 0.6) is 0 Å². The second kappa shape index (κ2) is 9.50. The Labute approximate surface area is 197 Å². The van der Waals surface area contributed by atoms with Crippen LogP contribution < -0.4 is 4.72 Å². The number of hydrogen-bond acceptors (Lipinski definition) is 7. The number of aromatic nitrogens is 2. The largest absolute Gasteiger partial charge is 0.338 e. The Balaban J connectivity index is 1.35.